The first kappa shape index (κ1) is 13.4. The van der Waals surface area contributed by atoms with Gasteiger partial charge in [-0.1, -0.05) is 12.1 Å². The van der Waals surface area contributed by atoms with Crippen LogP contribution in [0.5, 0.6) is 5.75 Å². The van der Waals surface area contributed by atoms with Gasteiger partial charge in [-0.05, 0) is 43.5 Å². The van der Waals surface area contributed by atoms with E-state index in [4.69, 9.17) is 4.74 Å². The van der Waals surface area contributed by atoms with Gasteiger partial charge in [0, 0.05) is 19.0 Å². The predicted octanol–water partition coefficient (Wildman–Crippen LogP) is 2.31. The van der Waals surface area contributed by atoms with Gasteiger partial charge < -0.3 is 9.84 Å². The smallest absolute Gasteiger partial charge is 0.308 e. The summed E-state index contributed by atoms with van der Waals surface area (Å²) in [5, 5.41) is 9.28. The van der Waals surface area contributed by atoms with Crippen LogP contribution in [0.25, 0.3) is 0 Å². The van der Waals surface area contributed by atoms with Gasteiger partial charge in [0.05, 0.1) is 12.5 Å². The molecule has 2 heterocycles. The molecule has 0 bridgehead atoms. The molecule has 2 atom stereocenters. The maximum Gasteiger partial charge on any atom is 0.308 e. The van der Waals surface area contributed by atoms with E-state index >= 15 is 0 Å². The van der Waals surface area contributed by atoms with Crippen LogP contribution in [0.4, 0.5) is 0 Å². The second kappa shape index (κ2) is 5.44. The van der Waals surface area contributed by atoms with Gasteiger partial charge >= 0.3 is 5.97 Å². The van der Waals surface area contributed by atoms with E-state index in [-0.39, 0.29) is 12.0 Å². The van der Waals surface area contributed by atoms with E-state index < -0.39 is 5.97 Å². The van der Waals surface area contributed by atoms with E-state index in [1.54, 1.807) is 0 Å². The molecule has 0 aliphatic carbocycles. The fourth-order valence-electron chi connectivity index (χ4n) is 3.34. The van der Waals surface area contributed by atoms with Crippen LogP contribution in [0.3, 0.4) is 0 Å². The van der Waals surface area contributed by atoms with E-state index in [9.17, 15) is 9.90 Å². The van der Waals surface area contributed by atoms with Gasteiger partial charge in [0.1, 0.15) is 5.75 Å². The monoisotopic (exact) mass is 275 g/mol. The summed E-state index contributed by atoms with van der Waals surface area (Å²) < 4.78 is 5.52. The molecular formula is C16H21NO3. The van der Waals surface area contributed by atoms with Crippen molar-refractivity contribution in [3.05, 3.63) is 29.3 Å². The molecule has 0 spiro atoms. The van der Waals surface area contributed by atoms with E-state index in [1.165, 1.54) is 11.1 Å². The molecule has 1 aromatic rings. The van der Waals surface area contributed by atoms with Crippen molar-refractivity contribution in [2.75, 3.05) is 13.2 Å². The summed E-state index contributed by atoms with van der Waals surface area (Å²) in [6.45, 7) is 4.63. The Bertz CT molecular complexity index is 514. The molecule has 0 amide bonds. The number of rotatable bonds is 3. The zero-order valence-corrected chi connectivity index (χ0v) is 11.8. The number of carboxylic acids is 1. The van der Waals surface area contributed by atoms with E-state index in [0.717, 1.165) is 44.7 Å². The van der Waals surface area contributed by atoms with Gasteiger partial charge in [-0.2, -0.15) is 0 Å². The van der Waals surface area contributed by atoms with E-state index in [1.807, 2.05) is 13.0 Å². The van der Waals surface area contributed by atoms with Crippen LogP contribution < -0.4 is 4.74 Å². The highest BCUT2D eigenvalue weighted by Crippen LogP contribution is 2.29. The highest BCUT2D eigenvalue weighted by Gasteiger charge is 2.32. The number of carbonyl (C=O) groups is 1. The van der Waals surface area contributed by atoms with Gasteiger partial charge in [0.2, 0.25) is 0 Å². The Kier molecular flexibility index (Phi) is 3.66. The first-order valence-corrected chi connectivity index (χ1v) is 7.36. The summed E-state index contributed by atoms with van der Waals surface area (Å²) >= 11 is 0. The third-order valence-corrected chi connectivity index (χ3v) is 4.58. The first-order valence-electron chi connectivity index (χ1n) is 7.36. The Morgan fingerprint density at radius 2 is 2.35 bits per heavy atom. The van der Waals surface area contributed by atoms with Gasteiger partial charge in [-0.25, -0.2) is 0 Å². The highest BCUT2D eigenvalue weighted by molar-refractivity contribution is 5.71. The SMILES string of the molecule is C[C@@H]1[C@H](C(=O)O)CCCN1Cc1ccc2c(c1)CCO2. The second-order valence-electron chi connectivity index (χ2n) is 5.84. The summed E-state index contributed by atoms with van der Waals surface area (Å²) in [6, 6.07) is 6.45. The third-order valence-electron chi connectivity index (χ3n) is 4.58. The quantitative estimate of drug-likeness (QED) is 0.919. The van der Waals surface area contributed by atoms with E-state index in [2.05, 4.69) is 17.0 Å². The van der Waals surface area contributed by atoms with Crippen LogP contribution in [0, 0.1) is 5.92 Å². The minimum atomic E-state index is -0.662. The second-order valence-corrected chi connectivity index (χ2v) is 5.84. The number of fused-ring (bicyclic) bond motifs is 1. The maximum atomic E-state index is 11.3. The van der Waals surface area contributed by atoms with Crippen molar-refractivity contribution in [1.29, 1.82) is 0 Å². The number of carboxylic acid groups (broad SMARTS) is 1. The molecular weight excluding hydrogens is 254 g/mol. The van der Waals surface area contributed by atoms with Crippen LogP contribution in [0.2, 0.25) is 0 Å². The number of likely N-dealkylation sites (tertiary alicyclic amines) is 1. The number of nitrogens with zero attached hydrogens (tertiary/aromatic N) is 1. The van der Waals surface area contributed by atoms with Crippen LogP contribution in [0.1, 0.15) is 30.9 Å². The molecule has 2 aliphatic heterocycles. The molecule has 3 rings (SSSR count). The van der Waals surface area contributed by atoms with Crippen LogP contribution in [0.15, 0.2) is 18.2 Å². The van der Waals surface area contributed by atoms with Crippen LogP contribution in [-0.4, -0.2) is 35.2 Å². The lowest BCUT2D eigenvalue weighted by molar-refractivity contribution is -0.145. The normalized spacial score (nSPS) is 26.1. The highest BCUT2D eigenvalue weighted by atomic mass is 16.5. The lowest BCUT2D eigenvalue weighted by Crippen LogP contribution is -2.45. The number of hydrogen-bond donors (Lipinski definition) is 1. The number of ether oxygens (including phenoxy) is 1. The zero-order chi connectivity index (χ0) is 14.1. The average Bonchev–Trinajstić information content (AvgIpc) is 2.88. The number of piperidine rings is 1. The molecule has 0 aromatic heterocycles. The summed E-state index contributed by atoms with van der Waals surface area (Å²) in [6.07, 6.45) is 2.75. The summed E-state index contributed by atoms with van der Waals surface area (Å²) in [4.78, 5) is 13.6. The topological polar surface area (TPSA) is 49.8 Å². The molecule has 1 saturated heterocycles. The van der Waals surface area contributed by atoms with Crippen molar-refractivity contribution in [3.8, 4) is 5.75 Å². The Balaban J connectivity index is 1.72. The first-order chi connectivity index (χ1) is 9.65. The van der Waals surface area contributed by atoms with Crippen molar-refractivity contribution in [3.63, 3.8) is 0 Å². The van der Waals surface area contributed by atoms with Gasteiger partial charge in [-0.15, -0.1) is 0 Å². The molecule has 4 nitrogen and oxygen atoms in total. The van der Waals surface area contributed by atoms with Crippen molar-refractivity contribution in [2.24, 2.45) is 5.92 Å². The number of benzene rings is 1. The number of hydrogen-bond acceptors (Lipinski definition) is 3. The molecule has 1 N–H and O–H groups in total. The van der Waals surface area contributed by atoms with Crippen LogP contribution >= 0.6 is 0 Å². The van der Waals surface area contributed by atoms with Crippen molar-refractivity contribution in [1.82, 2.24) is 4.90 Å². The van der Waals surface area contributed by atoms with Gasteiger partial charge in [0.15, 0.2) is 0 Å². The lowest BCUT2D eigenvalue weighted by atomic mass is 9.90. The molecule has 0 radical (unpaired) electrons. The molecule has 4 heteroatoms. The molecule has 0 saturated carbocycles. The molecule has 20 heavy (non-hydrogen) atoms. The Morgan fingerprint density at radius 3 is 3.15 bits per heavy atom. The predicted molar refractivity (Wildman–Crippen MR) is 75.9 cm³/mol. The number of aliphatic carboxylic acids is 1. The Labute approximate surface area is 119 Å². The Morgan fingerprint density at radius 1 is 1.50 bits per heavy atom. The van der Waals surface area contributed by atoms with Crippen molar-refractivity contribution in [2.45, 2.75) is 38.8 Å². The molecule has 108 valence electrons. The molecule has 2 aliphatic rings. The van der Waals surface area contributed by atoms with E-state index in [0.29, 0.717) is 0 Å². The Hall–Kier alpha value is -1.55. The summed E-state index contributed by atoms with van der Waals surface area (Å²) in [5.41, 5.74) is 2.54. The molecule has 1 fully saturated rings. The summed E-state index contributed by atoms with van der Waals surface area (Å²) in [7, 11) is 0. The zero-order valence-electron chi connectivity index (χ0n) is 11.8. The molecule has 0 unspecified atom stereocenters. The molecule has 1 aromatic carbocycles. The minimum absolute atomic E-state index is 0.103. The van der Waals surface area contributed by atoms with Crippen molar-refractivity contribution < 1.29 is 14.6 Å². The van der Waals surface area contributed by atoms with Crippen LogP contribution in [-0.2, 0) is 17.8 Å². The van der Waals surface area contributed by atoms with Crippen molar-refractivity contribution >= 4 is 5.97 Å². The fraction of sp³-hybridized carbons (Fsp3) is 0.562. The average molecular weight is 275 g/mol. The standard InChI is InChI=1S/C16H21NO3/c1-11-14(16(18)19)3-2-7-17(11)10-12-4-5-15-13(9-12)6-8-20-15/h4-5,9,11,14H,2-3,6-8,10H2,1H3,(H,18,19)/t11-,14-/m1/s1. The van der Waals surface area contributed by atoms with Gasteiger partial charge in [-0.3, -0.25) is 9.69 Å². The fourth-order valence-corrected chi connectivity index (χ4v) is 3.34. The lowest BCUT2D eigenvalue weighted by Gasteiger charge is -2.37. The van der Waals surface area contributed by atoms with Gasteiger partial charge in [0.25, 0.3) is 0 Å². The summed E-state index contributed by atoms with van der Waals surface area (Å²) in [5.74, 6) is 0.106. The minimum Gasteiger partial charge on any atom is -0.493 e. The maximum absolute atomic E-state index is 11.3. The third kappa shape index (κ3) is 2.52. The largest absolute Gasteiger partial charge is 0.493 e.